The molecule has 0 radical (unpaired) electrons. The minimum absolute atomic E-state index is 0.376. The molecule has 0 fully saturated rings. The van der Waals surface area contributed by atoms with Crippen molar-refractivity contribution < 1.29 is 23.7 Å². The van der Waals surface area contributed by atoms with E-state index < -0.39 is 0 Å². The van der Waals surface area contributed by atoms with Crippen LogP contribution < -0.4 is 24.4 Å². The van der Waals surface area contributed by atoms with Crippen LogP contribution in [0.15, 0.2) is 102 Å². The first-order chi connectivity index (χ1) is 18.2. The molecule has 0 aliphatic carbocycles. The smallest absolute Gasteiger partial charge is 0.271 e. The molecule has 1 N–H and O–H groups in total. The molecule has 0 heterocycles. The summed E-state index contributed by atoms with van der Waals surface area (Å²) in [6, 6.07) is 30.1. The molecule has 0 atom stereocenters. The van der Waals surface area contributed by atoms with Gasteiger partial charge in [-0.05, 0) is 53.1 Å². The van der Waals surface area contributed by atoms with Crippen molar-refractivity contribution in [2.45, 2.75) is 13.2 Å². The standard InChI is InChI=1S/C30H28N2O5/c1-34-28-17-24(13-15-26(28)36-20-22-9-5-3-6-10-22)19-31-32-30(33)25-14-16-27(29(18-25)35-2)37-21-23-11-7-4-8-12-23/h3-19H,20-21H2,1-2H3,(H,32,33)/b31-19+. The summed E-state index contributed by atoms with van der Waals surface area (Å²) < 4.78 is 22.6. The Kier molecular flexibility index (Phi) is 8.75. The first-order valence-electron chi connectivity index (χ1n) is 11.7. The Labute approximate surface area is 216 Å². The molecule has 7 nitrogen and oxygen atoms in total. The van der Waals surface area contributed by atoms with Crippen LogP contribution in [-0.2, 0) is 13.2 Å². The van der Waals surface area contributed by atoms with Crippen molar-refractivity contribution in [1.29, 1.82) is 0 Å². The Bertz CT molecular complexity index is 1340. The lowest BCUT2D eigenvalue weighted by molar-refractivity contribution is 0.0954. The van der Waals surface area contributed by atoms with E-state index >= 15 is 0 Å². The highest BCUT2D eigenvalue weighted by molar-refractivity contribution is 5.95. The van der Waals surface area contributed by atoms with Crippen molar-refractivity contribution in [2.24, 2.45) is 5.10 Å². The fourth-order valence-corrected chi connectivity index (χ4v) is 3.51. The molecule has 37 heavy (non-hydrogen) atoms. The van der Waals surface area contributed by atoms with Gasteiger partial charge in [-0.15, -0.1) is 0 Å². The Morgan fingerprint density at radius 1 is 0.703 bits per heavy atom. The number of hydrazone groups is 1. The lowest BCUT2D eigenvalue weighted by Crippen LogP contribution is -2.17. The molecule has 0 spiro atoms. The van der Waals surface area contributed by atoms with Crippen molar-refractivity contribution in [3.05, 3.63) is 119 Å². The minimum Gasteiger partial charge on any atom is -0.493 e. The molecule has 4 aromatic carbocycles. The normalized spacial score (nSPS) is 10.6. The average Bonchev–Trinajstić information content (AvgIpc) is 2.96. The maximum absolute atomic E-state index is 12.6. The zero-order valence-corrected chi connectivity index (χ0v) is 20.7. The number of carbonyl (C=O) groups is 1. The van der Waals surface area contributed by atoms with Gasteiger partial charge in [-0.2, -0.15) is 5.10 Å². The van der Waals surface area contributed by atoms with Gasteiger partial charge in [-0.25, -0.2) is 5.43 Å². The number of ether oxygens (including phenoxy) is 4. The molecule has 0 aliphatic rings. The third kappa shape index (κ3) is 7.11. The third-order valence-corrected chi connectivity index (χ3v) is 5.47. The predicted molar refractivity (Wildman–Crippen MR) is 143 cm³/mol. The summed E-state index contributed by atoms with van der Waals surface area (Å²) in [6.45, 7) is 0.826. The summed E-state index contributed by atoms with van der Waals surface area (Å²) in [5.74, 6) is 1.83. The maximum Gasteiger partial charge on any atom is 0.271 e. The molecule has 0 unspecified atom stereocenters. The molecular formula is C30H28N2O5. The van der Waals surface area contributed by atoms with Gasteiger partial charge in [0.25, 0.3) is 5.91 Å². The summed E-state index contributed by atoms with van der Waals surface area (Å²) in [7, 11) is 3.11. The van der Waals surface area contributed by atoms with Crippen LogP contribution in [0, 0.1) is 0 Å². The zero-order valence-electron chi connectivity index (χ0n) is 20.7. The number of nitrogens with zero attached hydrogens (tertiary/aromatic N) is 1. The largest absolute Gasteiger partial charge is 0.493 e. The molecule has 1 amide bonds. The second-order valence-electron chi connectivity index (χ2n) is 8.02. The van der Waals surface area contributed by atoms with Crippen molar-refractivity contribution in [1.82, 2.24) is 5.43 Å². The first kappa shape index (κ1) is 25.3. The fraction of sp³-hybridized carbons (Fsp3) is 0.133. The maximum atomic E-state index is 12.6. The van der Waals surface area contributed by atoms with E-state index in [0.717, 1.165) is 16.7 Å². The summed E-state index contributed by atoms with van der Waals surface area (Å²) in [6.07, 6.45) is 1.54. The van der Waals surface area contributed by atoms with E-state index in [9.17, 15) is 4.79 Å². The van der Waals surface area contributed by atoms with Crippen LogP contribution in [-0.4, -0.2) is 26.3 Å². The van der Waals surface area contributed by atoms with E-state index in [1.165, 1.54) is 13.3 Å². The average molecular weight is 497 g/mol. The number of rotatable bonds is 11. The van der Waals surface area contributed by atoms with Gasteiger partial charge in [0.05, 0.1) is 20.4 Å². The summed E-state index contributed by atoms with van der Waals surface area (Å²) in [5.41, 5.74) is 5.77. The lowest BCUT2D eigenvalue weighted by Gasteiger charge is -2.12. The SMILES string of the molecule is COc1cc(/C=N/NC(=O)c2ccc(OCc3ccccc3)c(OC)c2)ccc1OCc1ccccc1. The van der Waals surface area contributed by atoms with Gasteiger partial charge in [-0.3, -0.25) is 4.79 Å². The van der Waals surface area contributed by atoms with Crippen LogP contribution in [0.3, 0.4) is 0 Å². The molecule has 4 aromatic rings. The number of hydrogen-bond donors (Lipinski definition) is 1. The van der Waals surface area contributed by atoms with Crippen LogP contribution >= 0.6 is 0 Å². The topological polar surface area (TPSA) is 78.4 Å². The van der Waals surface area contributed by atoms with Crippen molar-refractivity contribution >= 4 is 12.1 Å². The quantitative estimate of drug-likeness (QED) is 0.215. The summed E-state index contributed by atoms with van der Waals surface area (Å²) in [5, 5.41) is 4.08. The molecule has 4 rings (SSSR count). The van der Waals surface area contributed by atoms with Gasteiger partial charge >= 0.3 is 0 Å². The highest BCUT2D eigenvalue weighted by Crippen LogP contribution is 2.29. The van der Waals surface area contributed by atoms with Crippen molar-refractivity contribution in [2.75, 3.05) is 14.2 Å². The van der Waals surface area contributed by atoms with E-state index in [4.69, 9.17) is 18.9 Å². The van der Waals surface area contributed by atoms with Gasteiger partial charge in [0, 0.05) is 5.56 Å². The molecule has 0 saturated heterocycles. The highest BCUT2D eigenvalue weighted by Gasteiger charge is 2.11. The molecule has 7 heteroatoms. The van der Waals surface area contributed by atoms with Crippen LogP contribution in [0.5, 0.6) is 23.0 Å². The molecule has 188 valence electrons. The lowest BCUT2D eigenvalue weighted by atomic mass is 10.2. The predicted octanol–water partition coefficient (Wildman–Crippen LogP) is 5.63. The Morgan fingerprint density at radius 3 is 1.81 bits per heavy atom. The van der Waals surface area contributed by atoms with Gasteiger partial charge in [-0.1, -0.05) is 60.7 Å². The van der Waals surface area contributed by atoms with Gasteiger partial charge in [0.2, 0.25) is 0 Å². The van der Waals surface area contributed by atoms with E-state index in [1.54, 1.807) is 31.4 Å². The van der Waals surface area contributed by atoms with Crippen molar-refractivity contribution in [3.63, 3.8) is 0 Å². The number of carbonyl (C=O) groups excluding carboxylic acids is 1. The number of methoxy groups -OCH3 is 2. The molecule has 0 aromatic heterocycles. The Morgan fingerprint density at radius 2 is 1.24 bits per heavy atom. The van der Waals surface area contributed by atoms with E-state index in [1.807, 2.05) is 72.8 Å². The number of benzene rings is 4. The first-order valence-corrected chi connectivity index (χ1v) is 11.7. The third-order valence-electron chi connectivity index (χ3n) is 5.47. The van der Waals surface area contributed by atoms with Crippen LogP contribution in [0.25, 0.3) is 0 Å². The van der Waals surface area contributed by atoms with Gasteiger partial charge < -0.3 is 18.9 Å². The highest BCUT2D eigenvalue weighted by atomic mass is 16.5. The van der Waals surface area contributed by atoms with E-state index in [2.05, 4.69) is 10.5 Å². The molecule has 0 bridgehead atoms. The summed E-state index contributed by atoms with van der Waals surface area (Å²) in [4.78, 5) is 12.6. The summed E-state index contributed by atoms with van der Waals surface area (Å²) >= 11 is 0. The second kappa shape index (κ2) is 12.8. The van der Waals surface area contributed by atoms with Gasteiger partial charge in [0.1, 0.15) is 13.2 Å². The number of hydrogen-bond acceptors (Lipinski definition) is 6. The van der Waals surface area contributed by atoms with Crippen LogP contribution in [0.4, 0.5) is 0 Å². The van der Waals surface area contributed by atoms with Gasteiger partial charge in [0.15, 0.2) is 23.0 Å². The van der Waals surface area contributed by atoms with E-state index in [-0.39, 0.29) is 5.91 Å². The molecule has 0 saturated carbocycles. The minimum atomic E-state index is -0.376. The number of amides is 1. The Hall–Kier alpha value is -4.78. The van der Waals surface area contributed by atoms with Crippen molar-refractivity contribution in [3.8, 4) is 23.0 Å². The molecular weight excluding hydrogens is 468 g/mol. The fourth-order valence-electron chi connectivity index (χ4n) is 3.51. The monoisotopic (exact) mass is 496 g/mol. The second-order valence-corrected chi connectivity index (χ2v) is 8.02. The Balaban J connectivity index is 1.35. The van der Waals surface area contributed by atoms with Crippen LogP contribution in [0.2, 0.25) is 0 Å². The van der Waals surface area contributed by atoms with Crippen LogP contribution in [0.1, 0.15) is 27.0 Å². The zero-order chi connectivity index (χ0) is 25.9. The number of nitrogens with one attached hydrogen (secondary N) is 1. The molecule has 0 aliphatic heterocycles. The van der Waals surface area contributed by atoms with E-state index in [0.29, 0.717) is 41.8 Å².